The number of carbonyl (C=O) groups is 1. The summed E-state index contributed by atoms with van der Waals surface area (Å²) in [6.07, 6.45) is 1.48. The summed E-state index contributed by atoms with van der Waals surface area (Å²) in [6, 6.07) is 12.0. The SMILES string of the molecule is COc1ccc(-c2cnn(C(C)C(=O)Nc3ccc(C)c(C)c3)c(=O)n2)cc1. The van der Waals surface area contributed by atoms with Gasteiger partial charge in [0.1, 0.15) is 11.8 Å². The molecule has 0 saturated heterocycles. The van der Waals surface area contributed by atoms with Crippen molar-refractivity contribution in [3.63, 3.8) is 0 Å². The van der Waals surface area contributed by atoms with Crippen LogP contribution < -0.4 is 15.7 Å². The van der Waals surface area contributed by atoms with E-state index in [-0.39, 0.29) is 5.91 Å². The number of nitrogens with zero attached hydrogens (tertiary/aromatic N) is 3. The second kappa shape index (κ2) is 8.04. The highest BCUT2D eigenvalue weighted by molar-refractivity contribution is 5.93. The number of aromatic nitrogens is 3. The fourth-order valence-corrected chi connectivity index (χ4v) is 2.69. The lowest BCUT2D eigenvalue weighted by Gasteiger charge is -2.14. The van der Waals surface area contributed by atoms with Crippen molar-refractivity contribution in [1.29, 1.82) is 0 Å². The van der Waals surface area contributed by atoms with Crippen LogP contribution in [-0.2, 0) is 4.79 Å². The molecule has 3 aromatic rings. The topological polar surface area (TPSA) is 86.1 Å². The highest BCUT2D eigenvalue weighted by Gasteiger charge is 2.19. The fraction of sp³-hybridized carbons (Fsp3) is 0.238. The second-order valence-electron chi connectivity index (χ2n) is 6.56. The van der Waals surface area contributed by atoms with Crippen LogP contribution >= 0.6 is 0 Å². The highest BCUT2D eigenvalue weighted by atomic mass is 16.5. The van der Waals surface area contributed by atoms with Gasteiger partial charge in [0.25, 0.3) is 0 Å². The predicted molar refractivity (Wildman–Crippen MR) is 108 cm³/mol. The van der Waals surface area contributed by atoms with Crippen LogP contribution in [0.25, 0.3) is 11.3 Å². The molecule has 2 aromatic carbocycles. The molecule has 1 aromatic heterocycles. The van der Waals surface area contributed by atoms with Crippen LogP contribution in [0.4, 0.5) is 5.69 Å². The molecule has 7 nitrogen and oxygen atoms in total. The average Bonchev–Trinajstić information content (AvgIpc) is 2.70. The monoisotopic (exact) mass is 378 g/mol. The van der Waals surface area contributed by atoms with Crippen LogP contribution in [0.5, 0.6) is 5.75 Å². The van der Waals surface area contributed by atoms with E-state index in [9.17, 15) is 9.59 Å². The zero-order valence-electron chi connectivity index (χ0n) is 16.3. The fourth-order valence-electron chi connectivity index (χ4n) is 2.69. The summed E-state index contributed by atoms with van der Waals surface area (Å²) in [5.74, 6) is 0.374. The summed E-state index contributed by atoms with van der Waals surface area (Å²) in [4.78, 5) is 29.0. The number of benzene rings is 2. The average molecular weight is 378 g/mol. The Labute approximate surface area is 163 Å². The van der Waals surface area contributed by atoms with Gasteiger partial charge in [0, 0.05) is 11.3 Å². The third kappa shape index (κ3) is 4.09. The first-order chi connectivity index (χ1) is 13.4. The van der Waals surface area contributed by atoms with Gasteiger partial charge in [-0.1, -0.05) is 6.07 Å². The number of rotatable bonds is 5. The molecule has 0 bridgehead atoms. The third-order valence-electron chi connectivity index (χ3n) is 4.62. The van der Waals surface area contributed by atoms with E-state index in [0.29, 0.717) is 17.1 Å². The van der Waals surface area contributed by atoms with Crippen molar-refractivity contribution < 1.29 is 9.53 Å². The molecule has 1 atom stereocenters. The molecule has 28 heavy (non-hydrogen) atoms. The molecule has 0 radical (unpaired) electrons. The minimum atomic E-state index is -0.800. The van der Waals surface area contributed by atoms with Gasteiger partial charge in [0.2, 0.25) is 5.91 Å². The van der Waals surface area contributed by atoms with Crippen LogP contribution in [0.3, 0.4) is 0 Å². The number of hydrogen-bond donors (Lipinski definition) is 1. The summed E-state index contributed by atoms with van der Waals surface area (Å²) in [6.45, 7) is 5.59. The van der Waals surface area contributed by atoms with Crippen LogP contribution in [0.2, 0.25) is 0 Å². The maximum absolute atomic E-state index is 12.5. The van der Waals surface area contributed by atoms with E-state index in [1.54, 1.807) is 38.3 Å². The van der Waals surface area contributed by atoms with Gasteiger partial charge in [0.15, 0.2) is 0 Å². The lowest BCUT2D eigenvalue weighted by atomic mass is 10.1. The molecule has 0 aliphatic heterocycles. The molecule has 1 amide bonds. The Kier molecular flexibility index (Phi) is 5.54. The number of aryl methyl sites for hydroxylation is 2. The van der Waals surface area contributed by atoms with Crippen molar-refractivity contribution in [3.8, 4) is 17.0 Å². The number of carbonyl (C=O) groups excluding carboxylic acids is 1. The summed E-state index contributed by atoms with van der Waals surface area (Å²) in [7, 11) is 1.58. The van der Waals surface area contributed by atoms with E-state index in [0.717, 1.165) is 21.4 Å². The molecule has 1 N–H and O–H groups in total. The summed E-state index contributed by atoms with van der Waals surface area (Å²) >= 11 is 0. The van der Waals surface area contributed by atoms with Gasteiger partial charge < -0.3 is 10.1 Å². The first-order valence-electron chi connectivity index (χ1n) is 8.87. The Morgan fingerprint density at radius 1 is 1.11 bits per heavy atom. The molecule has 0 spiro atoms. The second-order valence-corrected chi connectivity index (χ2v) is 6.56. The van der Waals surface area contributed by atoms with Gasteiger partial charge in [-0.2, -0.15) is 10.1 Å². The number of nitrogens with one attached hydrogen (secondary N) is 1. The lowest BCUT2D eigenvalue weighted by Crippen LogP contribution is -2.34. The van der Waals surface area contributed by atoms with E-state index in [2.05, 4.69) is 15.4 Å². The summed E-state index contributed by atoms with van der Waals surface area (Å²) in [5.41, 5.74) is 3.48. The Morgan fingerprint density at radius 2 is 1.82 bits per heavy atom. The van der Waals surface area contributed by atoms with Crippen LogP contribution in [0.1, 0.15) is 24.1 Å². The van der Waals surface area contributed by atoms with Crippen LogP contribution in [0, 0.1) is 13.8 Å². The molecule has 1 heterocycles. The zero-order valence-corrected chi connectivity index (χ0v) is 16.3. The number of ether oxygens (including phenoxy) is 1. The molecule has 144 valence electrons. The van der Waals surface area contributed by atoms with Gasteiger partial charge >= 0.3 is 5.69 Å². The summed E-state index contributed by atoms with van der Waals surface area (Å²) < 4.78 is 6.19. The van der Waals surface area contributed by atoms with Gasteiger partial charge in [-0.3, -0.25) is 4.79 Å². The van der Waals surface area contributed by atoms with Crippen LogP contribution in [-0.4, -0.2) is 27.8 Å². The Hall–Kier alpha value is -3.48. The van der Waals surface area contributed by atoms with Crippen molar-refractivity contribution in [2.45, 2.75) is 26.8 Å². The summed E-state index contributed by atoms with van der Waals surface area (Å²) in [5, 5.41) is 6.96. The van der Waals surface area contributed by atoms with E-state index in [1.165, 1.54) is 6.20 Å². The highest BCUT2D eigenvalue weighted by Crippen LogP contribution is 2.19. The van der Waals surface area contributed by atoms with E-state index >= 15 is 0 Å². The first-order valence-corrected chi connectivity index (χ1v) is 8.87. The molecule has 0 aliphatic carbocycles. The van der Waals surface area contributed by atoms with Gasteiger partial charge in [-0.05, 0) is 68.3 Å². The van der Waals surface area contributed by atoms with Gasteiger partial charge in [-0.25, -0.2) is 9.48 Å². The predicted octanol–water partition coefficient (Wildman–Crippen LogP) is 3.13. The van der Waals surface area contributed by atoms with Crippen LogP contribution in [0.15, 0.2) is 53.5 Å². The van der Waals surface area contributed by atoms with E-state index in [1.807, 2.05) is 32.0 Å². The maximum Gasteiger partial charge on any atom is 0.365 e. The van der Waals surface area contributed by atoms with Gasteiger partial charge in [-0.15, -0.1) is 0 Å². The zero-order chi connectivity index (χ0) is 20.3. The maximum atomic E-state index is 12.5. The Balaban J connectivity index is 1.79. The van der Waals surface area contributed by atoms with Gasteiger partial charge in [0.05, 0.1) is 19.0 Å². The minimum absolute atomic E-state index is 0.336. The normalized spacial score (nSPS) is 11.7. The van der Waals surface area contributed by atoms with Crippen molar-refractivity contribution in [3.05, 3.63) is 70.3 Å². The first kappa shape index (κ1) is 19.3. The Bertz CT molecular complexity index is 1060. The third-order valence-corrected chi connectivity index (χ3v) is 4.62. The molecule has 0 aliphatic rings. The standard InChI is InChI=1S/C21H22N4O3/c1-13-5-8-17(11-14(13)2)23-20(26)15(3)25-21(27)24-19(12-22-25)16-6-9-18(28-4)10-7-16/h5-12,15H,1-4H3,(H,23,26). The number of methoxy groups -OCH3 is 1. The quantitative estimate of drug-likeness (QED) is 0.737. The smallest absolute Gasteiger partial charge is 0.365 e. The lowest BCUT2D eigenvalue weighted by molar-refractivity contribution is -0.119. The minimum Gasteiger partial charge on any atom is -0.497 e. The molecule has 1 unspecified atom stereocenters. The molecule has 3 rings (SSSR count). The van der Waals surface area contributed by atoms with Crippen molar-refractivity contribution in [2.75, 3.05) is 12.4 Å². The molecule has 0 saturated carbocycles. The Morgan fingerprint density at radius 3 is 2.43 bits per heavy atom. The molecule has 0 fully saturated rings. The number of anilines is 1. The van der Waals surface area contributed by atoms with E-state index < -0.39 is 11.7 Å². The molecule has 7 heteroatoms. The molecular formula is C21H22N4O3. The number of hydrogen-bond acceptors (Lipinski definition) is 5. The van der Waals surface area contributed by atoms with Crippen molar-refractivity contribution in [2.24, 2.45) is 0 Å². The largest absolute Gasteiger partial charge is 0.497 e. The molecular weight excluding hydrogens is 356 g/mol. The number of amides is 1. The van der Waals surface area contributed by atoms with Crippen molar-refractivity contribution in [1.82, 2.24) is 14.8 Å². The van der Waals surface area contributed by atoms with Crippen molar-refractivity contribution >= 4 is 11.6 Å². The van der Waals surface area contributed by atoms with E-state index in [4.69, 9.17) is 4.74 Å².